The first-order valence-corrected chi connectivity index (χ1v) is 11.5. The summed E-state index contributed by atoms with van der Waals surface area (Å²) < 4.78 is 5.31. The summed E-state index contributed by atoms with van der Waals surface area (Å²) in [6.07, 6.45) is 0.560. The van der Waals surface area contributed by atoms with Gasteiger partial charge in [0, 0.05) is 18.8 Å². The van der Waals surface area contributed by atoms with E-state index in [1.807, 2.05) is 44.2 Å². The highest BCUT2D eigenvalue weighted by Gasteiger charge is 2.28. The number of methoxy groups -OCH3 is 1. The highest BCUT2D eigenvalue weighted by atomic mass is 32.2. The molecule has 0 spiro atoms. The van der Waals surface area contributed by atoms with Crippen molar-refractivity contribution >= 4 is 23.6 Å². The minimum atomic E-state index is -0.497. The number of amides is 2. The highest BCUT2D eigenvalue weighted by molar-refractivity contribution is 7.99. The van der Waals surface area contributed by atoms with Crippen molar-refractivity contribution in [3.63, 3.8) is 0 Å². The number of likely N-dealkylation sites (N-methyl/N-ethyl adjacent to an activating group) is 1. The summed E-state index contributed by atoms with van der Waals surface area (Å²) >= 11 is 1.58. The molecule has 5 nitrogen and oxygen atoms in total. The molecule has 0 aliphatic heterocycles. The zero-order valence-electron chi connectivity index (χ0n) is 18.3. The molecule has 0 aliphatic rings. The van der Waals surface area contributed by atoms with Gasteiger partial charge in [-0.2, -0.15) is 0 Å². The van der Waals surface area contributed by atoms with E-state index < -0.39 is 6.04 Å². The molecule has 0 unspecified atom stereocenters. The number of carbonyl (C=O) groups excluding carboxylic acids is 2. The van der Waals surface area contributed by atoms with E-state index in [1.54, 1.807) is 23.8 Å². The second-order valence-electron chi connectivity index (χ2n) is 7.17. The van der Waals surface area contributed by atoms with Gasteiger partial charge in [0.25, 0.3) is 0 Å². The maximum atomic E-state index is 13.2. The van der Waals surface area contributed by atoms with E-state index in [9.17, 15) is 9.59 Å². The standard InChI is InChI=1S/C24H32N2O3S/c1-5-22(24(28)25-6-2)26(15-19-10-8-12-21(14-19)29-4)23(27)17-30-16-20-11-7-9-18(3)13-20/h7-14,22H,5-6,15-17H2,1-4H3,(H,25,28)/t22-/m0/s1. The molecule has 0 radical (unpaired) electrons. The van der Waals surface area contributed by atoms with Gasteiger partial charge in [0.05, 0.1) is 12.9 Å². The van der Waals surface area contributed by atoms with Crippen molar-refractivity contribution in [3.8, 4) is 5.75 Å². The first-order valence-electron chi connectivity index (χ1n) is 10.3. The molecule has 0 heterocycles. The van der Waals surface area contributed by atoms with E-state index >= 15 is 0 Å². The molecule has 2 amide bonds. The Labute approximate surface area is 184 Å². The lowest BCUT2D eigenvalue weighted by atomic mass is 10.1. The Morgan fingerprint density at radius 2 is 1.83 bits per heavy atom. The van der Waals surface area contributed by atoms with Crippen molar-refractivity contribution in [2.24, 2.45) is 0 Å². The summed E-state index contributed by atoms with van der Waals surface area (Å²) in [6.45, 7) is 6.80. The second-order valence-corrected chi connectivity index (χ2v) is 8.16. The molecule has 1 N–H and O–H groups in total. The summed E-state index contributed by atoms with van der Waals surface area (Å²) in [5.41, 5.74) is 3.35. The van der Waals surface area contributed by atoms with Gasteiger partial charge in [0.2, 0.25) is 11.8 Å². The Balaban J connectivity index is 2.13. The van der Waals surface area contributed by atoms with E-state index in [1.165, 1.54) is 11.1 Å². The molecule has 0 aromatic heterocycles. The van der Waals surface area contributed by atoms with Crippen LogP contribution in [0.3, 0.4) is 0 Å². The van der Waals surface area contributed by atoms with Crippen LogP contribution in [0.25, 0.3) is 0 Å². The van der Waals surface area contributed by atoms with Crippen LogP contribution in [0.15, 0.2) is 48.5 Å². The number of carbonyl (C=O) groups is 2. The largest absolute Gasteiger partial charge is 0.497 e. The molecule has 0 fully saturated rings. The summed E-state index contributed by atoms with van der Waals surface area (Å²) in [4.78, 5) is 27.5. The van der Waals surface area contributed by atoms with Crippen LogP contribution in [0, 0.1) is 6.92 Å². The molecule has 2 aromatic carbocycles. The molecule has 0 saturated heterocycles. The summed E-state index contributed by atoms with van der Waals surface area (Å²) in [5.74, 6) is 1.68. The summed E-state index contributed by atoms with van der Waals surface area (Å²) in [6, 6.07) is 15.4. The van der Waals surface area contributed by atoms with Gasteiger partial charge in [-0.25, -0.2) is 0 Å². The van der Waals surface area contributed by atoms with Crippen LogP contribution >= 0.6 is 11.8 Å². The lowest BCUT2D eigenvalue weighted by Crippen LogP contribution is -2.49. The van der Waals surface area contributed by atoms with Crippen LogP contribution in [0.5, 0.6) is 5.75 Å². The molecule has 0 bridgehead atoms. The molecule has 6 heteroatoms. The summed E-state index contributed by atoms with van der Waals surface area (Å²) in [7, 11) is 1.62. The predicted molar refractivity (Wildman–Crippen MR) is 124 cm³/mol. The zero-order valence-corrected chi connectivity index (χ0v) is 19.1. The fraction of sp³-hybridized carbons (Fsp3) is 0.417. The van der Waals surface area contributed by atoms with Crippen molar-refractivity contribution in [2.45, 2.75) is 45.5 Å². The van der Waals surface area contributed by atoms with E-state index in [2.05, 4.69) is 30.4 Å². The second kappa shape index (κ2) is 12.3. The SMILES string of the molecule is CCNC(=O)[C@H](CC)N(Cc1cccc(OC)c1)C(=O)CSCc1cccc(C)c1. The fourth-order valence-electron chi connectivity index (χ4n) is 3.32. The molecule has 2 rings (SSSR count). The van der Waals surface area contributed by atoms with Gasteiger partial charge < -0.3 is 15.0 Å². The molecule has 1 atom stereocenters. The third-order valence-corrected chi connectivity index (χ3v) is 5.79. The van der Waals surface area contributed by atoms with Gasteiger partial charge in [-0.1, -0.05) is 48.9 Å². The Morgan fingerprint density at radius 1 is 1.10 bits per heavy atom. The minimum Gasteiger partial charge on any atom is -0.497 e. The van der Waals surface area contributed by atoms with Crippen molar-refractivity contribution in [1.82, 2.24) is 10.2 Å². The first kappa shape index (κ1) is 23.8. The number of nitrogens with zero attached hydrogens (tertiary/aromatic N) is 1. The highest BCUT2D eigenvalue weighted by Crippen LogP contribution is 2.20. The molecule has 162 valence electrons. The van der Waals surface area contributed by atoms with Crippen LogP contribution in [0.1, 0.15) is 37.0 Å². The maximum Gasteiger partial charge on any atom is 0.242 e. The number of ether oxygens (including phenoxy) is 1. The topological polar surface area (TPSA) is 58.6 Å². The van der Waals surface area contributed by atoms with Gasteiger partial charge in [-0.3, -0.25) is 9.59 Å². The third kappa shape index (κ3) is 7.10. The molecular formula is C24H32N2O3S. The van der Waals surface area contributed by atoms with E-state index in [-0.39, 0.29) is 11.8 Å². The van der Waals surface area contributed by atoms with Gasteiger partial charge in [-0.05, 0) is 43.5 Å². The Morgan fingerprint density at radius 3 is 2.50 bits per heavy atom. The Bertz CT molecular complexity index is 841. The smallest absolute Gasteiger partial charge is 0.242 e. The first-order chi connectivity index (χ1) is 14.5. The quantitative estimate of drug-likeness (QED) is 0.583. The predicted octanol–water partition coefficient (Wildman–Crippen LogP) is 4.18. The normalized spacial score (nSPS) is 11.6. The van der Waals surface area contributed by atoms with E-state index in [0.29, 0.717) is 25.3 Å². The Kier molecular flexibility index (Phi) is 9.74. The number of nitrogens with one attached hydrogen (secondary N) is 1. The monoisotopic (exact) mass is 428 g/mol. The van der Waals surface area contributed by atoms with Crippen LogP contribution in [0.2, 0.25) is 0 Å². The Hall–Kier alpha value is -2.47. The molecular weight excluding hydrogens is 396 g/mol. The molecule has 0 aliphatic carbocycles. The van der Waals surface area contributed by atoms with E-state index in [4.69, 9.17) is 4.74 Å². The summed E-state index contributed by atoms with van der Waals surface area (Å²) in [5, 5.41) is 2.86. The van der Waals surface area contributed by atoms with Crippen LogP contribution < -0.4 is 10.1 Å². The van der Waals surface area contributed by atoms with Gasteiger partial charge in [-0.15, -0.1) is 11.8 Å². The zero-order chi connectivity index (χ0) is 21.9. The van der Waals surface area contributed by atoms with Crippen LogP contribution in [-0.4, -0.2) is 42.2 Å². The maximum absolute atomic E-state index is 13.2. The molecule has 30 heavy (non-hydrogen) atoms. The van der Waals surface area contributed by atoms with Crippen LogP contribution in [-0.2, 0) is 21.9 Å². The molecule has 0 saturated carbocycles. The van der Waals surface area contributed by atoms with Crippen molar-refractivity contribution in [2.75, 3.05) is 19.4 Å². The van der Waals surface area contributed by atoms with Crippen molar-refractivity contribution < 1.29 is 14.3 Å². The number of rotatable bonds is 11. The average molecular weight is 429 g/mol. The minimum absolute atomic E-state index is 0.0337. The van der Waals surface area contributed by atoms with Crippen molar-refractivity contribution in [1.29, 1.82) is 0 Å². The number of hydrogen-bond donors (Lipinski definition) is 1. The van der Waals surface area contributed by atoms with Gasteiger partial charge in [0.1, 0.15) is 11.8 Å². The molecule has 2 aromatic rings. The average Bonchev–Trinajstić information content (AvgIpc) is 2.74. The lowest BCUT2D eigenvalue weighted by Gasteiger charge is -2.30. The third-order valence-electron chi connectivity index (χ3n) is 4.80. The lowest BCUT2D eigenvalue weighted by molar-refractivity contribution is -0.139. The van der Waals surface area contributed by atoms with Gasteiger partial charge >= 0.3 is 0 Å². The number of aryl methyl sites for hydroxylation is 1. The number of benzene rings is 2. The van der Waals surface area contributed by atoms with E-state index in [0.717, 1.165) is 17.1 Å². The number of thioether (sulfide) groups is 1. The van der Waals surface area contributed by atoms with Gasteiger partial charge in [0.15, 0.2) is 0 Å². The fourth-order valence-corrected chi connectivity index (χ4v) is 4.18. The van der Waals surface area contributed by atoms with Crippen LogP contribution in [0.4, 0.5) is 0 Å². The van der Waals surface area contributed by atoms with Crippen molar-refractivity contribution in [3.05, 3.63) is 65.2 Å². The number of hydrogen-bond acceptors (Lipinski definition) is 4.